The van der Waals surface area contributed by atoms with Crippen molar-refractivity contribution in [3.8, 4) is 11.5 Å². The maximum absolute atomic E-state index is 13.1. The van der Waals surface area contributed by atoms with Crippen LogP contribution in [-0.2, 0) is 10.5 Å². The van der Waals surface area contributed by atoms with Crippen LogP contribution in [0.1, 0.15) is 30.5 Å². The predicted octanol–water partition coefficient (Wildman–Crippen LogP) is 5.71. The van der Waals surface area contributed by atoms with E-state index >= 15 is 0 Å². The molecule has 158 valence electrons. The van der Waals surface area contributed by atoms with Crippen LogP contribution in [0, 0.1) is 12.7 Å². The number of para-hydroxylation sites is 1. The highest BCUT2D eigenvalue weighted by Gasteiger charge is 2.24. The summed E-state index contributed by atoms with van der Waals surface area (Å²) < 4.78 is 15.0. The first kappa shape index (κ1) is 21.1. The smallest absolute Gasteiger partial charge is 0.247 e. The number of imidazole rings is 1. The van der Waals surface area contributed by atoms with Gasteiger partial charge in [-0.05, 0) is 54.8 Å². The van der Waals surface area contributed by atoms with E-state index in [0.29, 0.717) is 23.2 Å². The number of halogens is 1. The summed E-state index contributed by atoms with van der Waals surface area (Å²) in [5.41, 5.74) is 3.56. The van der Waals surface area contributed by atoms with Gasteiger partial charge in [0.25, 0.3) is 0 Å². The Morgan fingerprint density at radius 1 is 1.10 bits per heavy atom. The Morgan fingerprint density at radius 2 is 1.87 bits per heavy atom. The molecule has 0 aromatic heterocycles. The second-order valence-electron chi connectivity index (χ2n) is 7.27. The zero-order valence-corrected chi connectivity index (χ0v) is 18.2. The van der Waals surface area contributed by atoms with Gasteiger partial charge in [0.2, 0.25) is 5.91 Å². The number of carbonyl (C=O) groups excluding carboxylic acids is 1. The molecule has 2 aromatic carbocycles. The Hall–Kier alpha value is -3.19. The number of rotatable bonds is 7. The van der Waals surface area contributed by atoms with Gasteiger partial charge in [0, 0.05) is 17.6 Å². The Balaban J connectivity index is 1.55. The highest BCUT2D eigenvalue weighted by atomic mass is 32.2. The Labute approximate surface area is 185 Å². The van der Waals surface area contributed by atoms with Crippen molar-refractivity contribution in [2.75, 3.05) is 5.32 Å². The van der Waals surface area contributed by atoms with E-state index in [4.69, 9.17) is 0 Å². The lowest BCUT2D eigenvalue weighted by Crippen LogP contribution is -2.27. The molecular formula is C24H23FN4OS. The standard InChI is InChI=1S/C24H23FN4OS/c1-3-21(23(30)26-19-8-5-4-7-16(19)2)29-14-6-9-20-22(29)28-24(27-20)31-15-17-10-12-18(25)13-11-17/h4-14,21H,3,15H2,1-2H3,(H,26,30). The number of carbonyl (C=O) groups is 1. The first-order valence-corrected chi connectivity index (χ1v) is 11.1. The molecule has 0 spiro atoms. The summed E-state index contributed by atoms with van der Waals surface area (Å²) in [4.78, 5) is 22.4. The van der Waals surface area contributed by atoms with E-state index in [2.05, 4.69) is 15.3 Å². The van der Waals surface area contributed by atoms with Crippen molar-refractivity contribution >= 4 is 23.4 Å². The van der Waals surface area contributed by atoms with Crippen LogP contribution in [-0.4, -0.2) is 20.4 Å². The van der Waals surface area contributed by atoms with Gasteiger partial charge in [-0.15, -0.1) is 0 Å². The fourth-order valence-corrected chi connectivity index (χ4v) is 4.21. The molecule has 0 aliphatic carbocycles. The third kappa shape index (κ3) is 4.77. The van der Waals surface area contributed by atoms with E-state index in [1.807, 2.05) is 61.0 Å². The fraction of sp³-hybridized carbons (Fsp3) is 0.208. The summed E-state index contributed by atoms with van der Waals surface area (Å²) in [5, 5.41) is 3.67. The molecule has 1 amide bonds. The van der Waals surface area contributed by atoms with E-state index in [-0.39, 0.29) is 11.7 Å². The second-order valence-corrected chi connectivity index (χ2v) is 8.22. The number of fused-ring (bicyclic) bond motifs is 1. The third-order valence-corrected chi connectivity index (χ3v) is 6.02. The van der Waals surface area contributed by atoms with Crippen LogP contribution in [0.15, 0.2) is 72.0 Å². The molecule has 5 nitrogen and oxygen atoms in total. The fourth-order valence-electron chi connectivity index (χ4n) is 3.41. The quantitative estimate of drug-likeness (QED) is 0.378. The molecule has 0 fully saturated rings. The molecule has 4 rings (SSSR count). The largest absolute Gasteiger partial charge is 0.324 e. The first-order chi connectivity index (χ1) is 15.0. The summed E-state index contributed by atoms with van der Waals surface area (Å²) in [5.74, 6) is 0.982. The van der Waals surface area contributed by atoms with Gasteiger partial charge >= 0.3 is 0 Å². The number of aryl methyl sites for hydroxylation is 1. The predicted molar refractivity (Wildman–Crippen MR) is 122 cm³/mol. The minimum atomic E-state index is -0.407. The van der Waals surface area contributed by atoms with Gasteiger partial charge < -0.3 is 9.88 Å². The number of anilines is 1. The zero-order valence-electron chi connectivity index (χ0n) is 17.4. The molecule has 2 aromatic rings. The lowest BCUT2D eigenvalue weighted by Gasteiger charge is -2.21. The molecule has 31 heavy (non-hydrogen) atoms. The van der Waals surface area contributed by atoms with Crippen molar-refractivity contribution < 1.29 is 9.18 Å². The van der Waals surface area contributed by atoms with Crippen LogP contribution in [0.4, 0.5) is 10.1 Å². The molecule has 1 N–H and O–H groups in total. The van der Waals surface area contributed by atoms with E-state index in [1.54, 1.807) is 12.1 Å². The number of pyridine rings is 1. The van der Waals surface area contributed by atoms with Gasteiger partial charge in [-0.25, -0.2) is 14.4 Å². The van der Waals surface area contributed by atoms with Gasteiger partial charge in [-0.2, -0.15) is 0 Å². The summed E-state index contributed by atoms with van der Waals surface area (Å²) in [6.45, 7) is 3.95. The van der Waals surface area contributed by atoms with Crippen molar-refractivity contribution in [1.29, 1.82) is 0 Å². The molecular weight excluding hydrogens is 411 g/mol. The molecule has 7 heteroatoms. The average Bonchev–Trinajstić information content (AvgIpc) is 3.19. The highest BCUT2D eigenvalue weighted by molar-refractivity contribution is 7.98. The van der Waals surface area contributed by atoms with Crippen molar-refractivity contribution in [1.82, 2.24) is 14.5 Å². The van der Waals surface area contributed by atoms with E-state index in [9.17, 15) is 9.18 Å². The highest BCUT2D eigenvalue weighted by Crippen LogP contribution is 2.29. The number of nitrogens with zero attached hydrogens (tertiary/aromatic N) is 3. The maximum atomic E-state index is 13.1. The van der Waals surface area contributed by atoms with Gasteiger partial charge in [0.15, 0.2) is 11.0 Å². The van der Waals surface area contributed by atoms with Crippen molar-refractivity contribution in [3.05, 3.63) is 83.8 Å². The van der Waals surface area contributed by atoms with E-state index < -0.39 is 6.04 Å². The number of benzene rings is 2. The monoisotopic (exact) mass is 434 g/mol. The van der Waals surface area contributed by atoms with Crippen LogP contribution >= 0.6 is 11.8 Å². The van der Waals surface area contributed by atoms with Gasteiger partial charge in [0.1, 0.15) is 17.6 Å². The molecule has 1 unspecified atom stereocenters. The number of amides is 1. The number of nitrogens with one attached hydrogen (secondary N) is 1. The van der Waals surface area contributed by atoms with Crippen molar-refractivity contribution in [3.63, 3.8) is 0 Å². The van der Waals surface area contributed by atoms with Crippen LogP contribution in [0.3, 0.4) is 0 Å². The molecule has 0 saturated heterocycles. The van der Waals surface area contributed by atoms with E-state index in [1.165, 1.54) is 23.9 Å². The second kappa shape index (κ2) is 9.31. The summed E-state index contributed by atoms with van der Waals surface area (Å²) in [7, 11) is 0. The minimum Gasteiger partial charge on any atom is -0.324 e. The molecule has 0 radical (unpaired) electrons. The van der Waals surface area contributed by atoms with Crippen LogP contribution < -0.4 is 5.32 Å². The number of hydrogen-bond acceptors (Lipinski definition) is 4. The minimum absolute atomic E-state index is 0.0854. The van der Waals surface area contributed by atoms with Crippen molar-refractivity contribution in [2.24, 2.45) is 0 Å². The molecule has 2 aliphatic heterocycles. The zero-order chi connectivity index (χ0) is 21.8. The molecule has 0 saturated carbocycles. The van der Waals surface area contributed by atoms with Gasteiger partial charge in [0.05, 0.1) is 0 Å². The summed E-state index contributed by atoms with van der Waals surface area (Å²) in [6.07, 6.45) is 2.49. The lowest BCUT2D eigenvalue weighted by molar-refractivity contribution is -0.119. The first-order valence-electron chi connectivity index (χ1n) is 10.1. The molecule has 2 aliphatic rings. The molecule has 0 bridgehead atoms. The van der Waals surface area contributed by atoms with Crippen LogP contribution in [0.25, 0.3) is 11.5 Å². The van der Waals surface area contributed by atoms with Crippen LogP contribution in [0.2, 0.25) is 0 Å². The van der Waals surface area contributed by atoms with E-state index in [0.717, 1.165) is 22.5 Å². The summed E-state index contributed by atoms with van der Waals surface area (Å²) >= 11 is 1.49. The van der Waals surface area contributed by atoms with Crippen molar-refractivity contribution in [2.45, 2.75) is 37.2 Å². The number of hydrogen-bond donors (Lipinski definition) is 1. The topological polar surface area (TPSA) is 59.8 Å². The normalized spacial score (nSPS) is 12.1. The third-order valence-electron chi connectivity index (χ3n) is 5.10. The van der Waals surface area contributed by atoms with Crippen LogP contribution in [0.5, 0.6) is 0 Å². The Morgan fingerprint density at radius 3 is 2.61 bits per heavy atom. The Kier molecular flexibility index (Phi) is 6.32. The molecule has 2 heterocycles. The lowest BCUT2D eigenvalue weighted by atomic mass is 10.1. The number of aromatic nitrogens is 3. The SMILES string of the molecule is CCC(C(=O)Nc1ccccc1C)n1cccc2nc(SCc3ccc(F)cc3)nc1-2. The molecule has 1 atom stereocenters. The van der Waals surface area contributed by atoms with Gasteiger partial charge in [-0.3, -0.25) is 4.79 Å². The maximum Gasteiger partial charge on any atom is 0.247 e. The number of thioether (sulfide) groups is 1. The average molecular weight is 435 g/mol. The summed E-state index contributed by atoms with van der Waals surface area (Å²) in [6, 6.07) is 17.5. The Bertz CT molecular complexity index is 1160. The van der Waals surface area contributed by atoms with Gasteiger partial charge in [-0.1, -0.05) is 49.0 Å².